The van der Waals surface area contributed by atoms with Crippen molar-refractivity contribution < 1.29 is 41.6 Å². The van der Waals surface area contributed by atoms with Gasteiger partial charge in [-0.1, -0.05) is 0 Å². The van der Waals surface area contributed by atoms with Crippen molar-refractivity contribution in [2.75, 3.05) is 38.1 Å². The third-order valence-corrected chi connectivity index (χ3v) is 5.75. The molecule has 182 valence electrons. The number of ketones is 1. The van der Waals surface area contributed by atoms with E-state index in [1.807, 2.05) is 0 Å². The van der Waals surface area contributed by atoms with E-state index in [0.29, 0.717) is 11.4 Å². The second-order valence-electron chi connectivity index (χ2n) is 7.23. The third kappa shape index (κ3) is 5.52. The average Bonchev–Trinajstić information content (AvgIpc) is 3.19. The molecule has 0 aromatic heterocycles. The van der Waals surface area contributed by atoms with Crippen LogP contribution in [0.25, 0.3) is 0 Å². The van der Waals surface area contributed by atoms with Gasteiger partial charge in [0.1, 0.15) is 24.6 Å². The van der Waals surface area contributed by atoms with E-state index in [9.17, 15) is 27.4 Å². The molecule has 34 heavy (non-hydrogen) atoms. The van der Waals surface area contributed by atoms with Crippen LogP contribution in [0.4, 0.5) is 5.69 Å². The fourth-order valence-electron chi connectivity index (χ4n) is 3.11. The monoisotopic (exact) mass is 511 g/mol. The molecular formula is C20H21N3O9S2. The molecule has 1 aromatic rings. The number of hydrogen-bond acceptors (Lipinski definition) is 10. The molecule has 0 unspecified atom stereocenters. The zero-order chi connectivity index (χ0) is 25.2. The normalized spacial score (nSPS) is 17.9. The minimum Gasteiger partial charge on any atom is -0.497 e. The molecule has 0 spiro atoms. The highest BCUT2D eigenvalue weighted by molar-refractivity contribution is 7.85. The van der Waals surface area contributed by atoms with E-state index in [1.54, 1.807) is 12.1 Å². The number of fused-ring (bicyclic) bond motifs is 1. The lowest BCUT2D eigenvalue weighted by Crippen LogP contribution is -2.34. The molecule has 2 aliphatic rings. The van der Waals surface area contributed by atoms with Gasteiger partial charge in [0.15, 0.2) is 22.5 Å². The lowest BCUT2D eigenvalue weighted by Gasteiger charge is -2.18. The number of allylic oxidation sites excluding steroid dienone is 2. The van der Waals surface area contributed by atoms with Crippen LogP contribution in [0.15, 0.2) is 41.9 Å². The summed E-state index contributed by atoms with van der Waals surface area (Å²) in [4.78, 5) is 39.4. The molecule has 1 aromatic carbocycles. The van der Waals surface area contributed by atoms with Crippen LogP contribution in [0, 0.1) is 0 Å². The molecule has 1 fully saturated rings. The van der Waals surface area contributed by atoms with Gasteiger partial charge in [0.05, 0.1) is 12.8 Å². The van der Waals surface area contributed by atoms with Crippen molar-refractivity contribution in [1.82, 2.24) is 9.80 Å². The van der Waals surface area contributed by atoms with E-state index in [1.165, 1.54) is 49.1 Å². The van der Waals surface area contributed by atoms with Gasteiger partial charge in [0.25, 0.3) is 16.0 Å². The van der Waals surface area contributed by atoms with E-state index in [2.05, 4.69) is 0 Å². The Labute approximate surface area is 200 Å². The Morgan fingerprint density at radius 3 is 2.56 bits per heavy atom. The summed E-state index contributed by atoms with van der Waals surface area (Å²) in [5.74, 6) is -1.75. The topological polar surface area (TPSA) is 143 Å². The number of thiocarbonyl (C=S) groups is 1. The molecule has 1 N–H and O–H groups in total. The molecule has 0 bridgehead atoms. The first-order valence-corrected chi connectivity index (χ1v) is 11.7. The number of amides is 1. The van der Waals surface area contributed by atoms with Gasteiger partial charge in [-0.15, -0.1) is 0 Å². The molecule has 12 nitrogen and oxygen atoms in total. The number of methoxy groups -OCH3 is 1. The van der Waals surface area contributed by atoms with Crippen molar-refractivity contribution in [1.29, 1.82) is 0 Å². The fraction of sp³-hybridized carbons (Fsp3) is 0.300. The first-order valence-electron chi connectivity index (χ1n) is 9.66. The molecule has 2 heterocycles. The van der Waals surface area contributed by atoms with E-state index in [0.717, 1.165) is 4.90 Å². The first-order chi connectivity index (χ1) is 15.9. The predicted octanol–water partition coefficient (Wildman–Crippen LogP) is 0.656. The van der Waals surface area contributed by atoms with Crippen LogP contribution in [-0.2, 0) is 29.2 Å². The summed E-state index contributed by atoms with van der Waals surface area (Å²) in [6.07, 6.45) is 2.60. The van der Waals surface area contributed by atoms with Gasteiger partial charge in [-0.05, 0) is 37.4 Å². The Morgan fingerprint density at radius 1 is 1.24 bits per heavy atom. The molecule has 0 radical (unpaired) electrons. The minimum absolute atomic E-state index is 0.0104. The molecular weight excluding hydrogens is 490 g/mol. The number of esters is 1. The number of benzene rings is 1. The smallest absolute Gasteiger partial charge is 0.326 e. The van der Waals surface area contributed by atoms with Gasteiger partial charge in [-0.25, -0.2) is 0 Å². The maximum atomic E-state index is 12.7. The van der Waals surface area contributed by atoms with Crippen LogP contribution in [0.5, 0.6) is 11.5 Å². The van der Waals surface area contributed by atoms with Crippen molar-refractivity contribution in [2.45, 2.75) is 6.92 Å². The Bertz CT molecular complexity index is 1220. The zero-order valence-corrected chi connectivity index (χ0v) is 20.0. The van der Waals surface area contributed by atoms with Gasteiger partial charge < -0.3 is 19.1 Å². The molecule has 0 aliphatic carbocycles. The van der Waals surface area contributed by atoms with Crippen molar-refractivity contribution in [3.8, 4) is 11.5 Å². The van der Waals surface area contributed by atoms with Gasteiger partial charge in [-0.2, -0.15) is 8.42 Å². The summed E-state index contributed by atoms with van der Waals surface area (Å²) in [6, 6.07) is 4.67. The number of carbonyl (C=O) groups is 3. The van der Waals surface area contributed by atoms with Gasteiger partial charge in [-0.3, -0.25) is 28.7 Å². The van der Waals surface area contributed by atoms with Crippen LogP contribution < -0.4 is 14.4 Å². The molecule has 1 saturated heterocycles. The number of Topliss-reactive ketones (excluding diaryl/α,β-unsaturated/α-hetero) is 1. The van der Waals surface area contributed by atoms with Crippen molar-refractivity contribution >= 4 is 50.8 Å². The third-order valence-electron chi connectivity index (χ3n) is 4.67. The van der Waals surface area contributed by atoms with Crippen LogP contribution >= 0.6 is 12.2 Å². The second kappa shape index (κ2) is 9.79. The first kappa shape index (κ1) is 25.1. The number of anilines is 1. The quantitative estimate of drug-likeness (QED) is 0.227. The molecule has 1 amide bonds. The Morgan fingerprint density at radius 2 is 1.94 bits per heavy atom. The minimum atomic E-state index is -4.45. The van der Waals surface area contributed by atoms with E-state index < -0.39 is 41.0 Å². The summed E-state index contributed by atoms with van der Waals surface area (Å²) >= 11 is 5.23. The predicted molar refractivity (Wildman–Crippen MR) is 122 cm³/mol. The largest absolute Gasteiger partial charge is 0.497 e. The number of likely N-dealkylation sites (N-methyl/N-ethyl adjacent to an activating group) is 1. The maximum Gasteiger partial charge on any atom is 0.326 e. The number of carbonyl (C=O) groups excluding carboxylic acids is 3. The standard InChI is InChI=1S/C20H21N3O9S2/c1-12(24)10-31-18(25)9-22-15(19(26)21(2)20(22)33)6-7-17-23(11-34(27,28)29)14-5-4-13(30-3)8-16(14)32-17/h4-8H,9-11H2,1-3H3,(H,27,28,29)/b15-6+,17-7+. The molecule has 3 rings (SSSR count). The highest BCUT2D eigenvalue weighted by atomic mass is 32.2. The van der Waals surface area contributed by atoms with Crippen LogP contribution in [0.1, 0.15) is 6.92 Å². The fourth-order valence-corrected chi connectivity index (χ4v) is 3.95. The zero-order valence-electron chi connectivity index (χ0n) is 18.4. The number of rotatable bonds is 8. The van der Waals surface area contributed by atoms with Crippen molar-refractivity contribution in [2.24, 2.45) is 0 Å². The Kier molecular flexibility index (Phi) is 7.24. The lowest BCUT2D eigenvalue weighted by molar-refractivity contribution is -0.147. The number of ether oxygens (including phenoxy) is 3. The lowest BCUT2D eigenvalue weighted by atomic mass is 10.2. The van der Waals surface area contributed by atoms with Gasteiger partial charge in [0.2, 0.25) is 5.88 Å². The molecule has 0 saturated carbocycles. The highest BCUT2D eigenvalue weighted by Crippen LogP contribution is 2.41. The summed E-state index contributed by atoms with van der Waals surface area (Å²) in [7, 11) is -1.57. The summed E-state index contributed by atoms with van der Waals surface area (Å²) < 4.78 is 48.2. The van der Waals surface area contributed by atoms with Crippen LogP contribution in [0.2, 0.25) is 0 Å². The number of nitrogens with zero attached hydrogens (tertiary/aromatic N) is 3. The number of hydrogen-bond donors (Lipinski definition) is 1. The van der Waals surface area contributed by atoms with Gasteiger partial charge >= 0.3 is 5.97 Å². The average molecular weight is 512 g/mol. The summed E-state index contributed by atoms with van der Waals surface area (Å²) in [5, 5.41) is 0.0320. The van der Waals surface area contributed by atoms with Crippen molar-refractivity contribution in [3.63, 3.8) is 0 Å². The summed E-state index contributed by atoms with van der Waals surface area (Å²) in [5.41, 5.74) is 0.335. The van der Waals surface area contributed by atoms with Gasteiger partial charge in [0, 0.05) is 19.2 Å². The molecule has 0 atom stereocenters. The van der Waals surface area contributed by atoms with E-state index >= 15 is 0 Å². The van der Waals surface area contributed by atoms with Crippen LogP contribution in [-0.4, -0.2) is 78.7 Å². The summed E-state index contributed by atoms with van der Waals surface area (Å²) in [6.45, 7) is 0.423. The molecule has 14 heteroatoms. The molecule has 2 aliphatic heterocycles. The highest BCUT2D eigenvalue weighted by Gasteiger charge is 2.37. The maximum absolute atomic E-state index is 12.7. The SMILES string of the molecule is COc1ccc2c(c1)O/C(=C/C=C1\C(=O)N(C)C(=S)N1CC(=O)OCC(C)=O)N2CS(=O)(=O)O. The van der Waals surface area contributed by atoms with Crippen molar-refractivity contribution in [3.05, 3.63) is 41.9 Å². The second-order valence-corrected chi connectivity index (χ2v) is 9.01. The van der Waals surface area contributed by atoms with Crippen LogP contribution in [0.3, 0.4) is 0 Å². The van der Waals surface area contributed by atoms with E-state index in [4.69, 9.17) is 26.4 Å². The Balaban J connectivity index is 1.94. The Hall–Kier alpha value is -3.49. The van der Waals surface area contributed by atoms with E-state index in [-0.39, 0.29) is 28.2 Å².